The lowest BCUT2D eigenvalue weighted by atomic mass is 9.99. The summed E-state index contributed by atoms with van der Waals surface area (Å²) in [6, 6.07) is 0. The Labute approximate surface area is 282 Å². The Morgan fingerprint density at radius 3 is 1.29 bits per heavy atom. The first-order chi connectivity index (χ1) is 22.1. The van der Waals surface area contributed by atoms with Crippen LogP contribution in [0.3, 0.4) is 0 Å². The first kappa shape index (κ1) is 41.9. The standard InChI is InChI=1S/C42H77NO2/c1-5-7-9-11-13-15-17-19-21-23-25-27-29-31-33-35-38-42(44-40-41(45-42)36-39-43(3)4)37-34-32-30-28-26-24-22-20-18-16-14-12-10-8-6-2/h12-15,24-27,41H,5-11,16-23,28-40H2,1-4H3/b14-12-,15-13-,26-24-,27-25-/t41-,42?/m0/s1. The summed E-state index contributed by atoms with van der Waals surface area (Å²) in [4.78, 5) is 2.25. The number of rotatable bonds is 32. The highest BCUT2D eigenvalue weighted by molar-refractivity contribution is 4.86. The van der Waals surface area contributed by atoms with Crippen LogP contribution >= 0.6 is 0 Å². The van der Waals surface area contributed by atoms with Gasteiger partial charge in [-0.25, -0.2) is 0 Å². The van der Waals surface area contributed by atoms with Crippen LogP contribution in [0.2, 0.25) is 0 Å². The molecule has 0 aliphatic carbocycles. The molecule has 262 valence electrons. The van der Waals surface area contributed by atoms with E-state index in [4.69, 9.17) is 9.47 Å². The Morgan fingerprint density at radius 2 is 0.889 bits per heavy atom. The van der Waals surface area contributed by atoms with Crippen molar-refractivity contribution in [3.63, 3.8) is 0 Å². The Morgan fingerprint density at radius 1 is 0.511 bits per heavy atom. The molecular formula is C42H77NO2. The van der Waals surface area contributed by atoms with Gasteiger partial charge in [-0.1, -0.05) is 101 Å². The average Bonchev–Trinajstić information content (AvgIpc) is 3.44. The minimum absolute atomic E-state index is 0.252. The zero-order valence-corrected chi connectivity index (χ0v) is 30.8. The fourth-order valence-electron chi connectivity index (χ4n) is 6.04. The van der Waals surface area contributed by atoms with Crippen LogP contribution < -0.4 is 0 Å². The monoisotopic (exact) mass is 628 g/mol. The first-order valence-corrected chi connectivity index (χ1v) is 19.7. The molecule has 0 amide bonds. The second-order valence-electron chi connectivity index (χ2n) is 13.8. The molecule has 0 bridgehead atoms. The molecule has 0 aromatic rings. The fourth-order valence-corrected chi connectivity index (χ4v) is 6.04. The molecule has 1 fully saturated rings. The van der Waals surface area contributed by atoms with Gasteiger partial charge in [0.15, 0.2) is 5.79 Å². The number of allylic oxidation sites excluding steroid dienone is 8. The second-order valence-corrected chi connectivity index (χ2v) is 13.8. The average molecular weight is 628 g/mol. The Kier molecular flexibility index (Phi) is 29.2. The molecule has 1 saturated heterocycles. The maximum Gasteiger partial charge on any atom is 0.168 e. The van der Waals surface area contributed by atoms with Gasteiger partial charge >= 0.3 is 0 Å². The largest absolute Gasteiger partial charge is 0.347 e. The number of hydrogen-bond acceptors (Lipinski definition) is 3. The number of nitrogens with zero attached hydrogens (tertiary/aromatic N) is 1. The molecule has 0 aromatic heterocycles. The highest BCUT2D eigenvalue weighted by atomic mass is 16.7. The lowest BCUT2D eigenvalue weighted by Crippen LogP contribution is -2.31. The third kappa shape index (κ3) is 26.6. The Bertz CT molecular complexity index is 739. The van der Waals surface area contributed by atoms with Crippen molar-refractivity contribution in [2.45, 2.75) is 193 Å². The predicted octanol–water partition coefficient (Wildman–Crippen LogP) is 13.1. The maximum atomic E-state index is 6.66. The Balaban J connectivity index is 2.19. The number of ether oxygens (including phenoxy) is 2. The molecule has 1 unspecified atom stereocenters. The molecule has 0 aromatic carbocycles. The van der Waals surface area contributed by atoms with E-state index in [1.807, 2.05) is 0 Å². The van der Waals surface area contributed by atoms with Crippen molar-refractivity contribution in [3.05, 3.63) is 48.6 Å². The van der Waals surface area contributed by atoms with E-state index in [9.17, 15) is 0 Å². The topological polar surface area (TPSA) is 21.7 Å². The molecule has 0 saturated carbocycles. The van der Waals surface area contributed by atoms with E-state index in [0.717, 1.165) is 32.4 Å². The van der Waals surface area contributed by atoms with E-state index in [-0.39, 0.29) is 11.9 Å². The molecule has 3 heteroatoms. The van der Waals surface area contributed by atoms with Crippen molar-refractivity contribution >= 4 is 0 Å². The summed E-state index contributed by atoms with van der Waals surface area (Å²) >= 11 is 0. The van der Waals surface area contributed by atoms with Crippen LogP contribution in [0.5, 0.6) is 0 Å². The maximum absolute atomic E-state index is 6.66. The van der Waals surface area contributed by atoms with Crippen molar-refractivity contribution in [2.24, 2.45) is 0 Å². The summed E-state index contributed by atoms with van der Waals surface area (Å²) in [5.41, 5.74) is 0. The number of unbranched alkanes of at least 4 members (excludes halogenated alkanes) is 17. The van der Waals surface area contributed by atoms with E-state index in [1.165, 1.54) is 148 Å². The van der Waals surface area contributed by atoms with Gasteiger partial charge < -0.3 is 14.4 Å². The van der Waals surface area contributed by atoms with Crippen LogP contribution in [-0.4, -0.2) is 44.0 Å². The van der Waals surface area contributed by atoms with E-state index < -0.39 is 0 Å². The van der Waals surface area contributed by atoms with Crippen molar-refractivity contribution in [1.82, 2.24) is 4.90 Å². The lowest BCUT2D eigenvalue weighted by Gasteiger charge is -2.28. The van der Waals surface area contributed by atoms with E-state index >= 15 is 0 Å². The van der Waals surface area contributed by atoms with E-state index in [1.54, 1.807) is 0 Å². The normalized spacial score (nSPS) is 19.2. The third-order valence-electron chi connectivity index (χ3n) is 9.02. The van der Waals surface area contributed by atoms with Crippen LogP contribution in [0.4, 0.5) is 0 Å². The van der Waals surface area contributed by atoms with Gasteiger partial charge in [0.2, 0.25) is 0 Å². The van der Waals surface area contributed by atoms with Crippen LogP contribution in [-0.2, 0) is 9.47 Å². The third-order valence-corrected chi connectivity index (χ3v) is 9.02. The molecule has 2 atom stereocenters. The molecule has 3 nitrogen and oxygen atoms in total. The quantitative estimate of drug-likeness (QED) is 0.0547. The van der Waals surface area contributed by atoms with Crippen molar-refractivity contribution in [3.8, 4) is 0 Å². The van der Waals surface area contributed by atoms with Crippen LogP contribution in [0, 0.1) is 0 Å². The summed E-state index contributed by atoms with van der Waals surface area (Å²) in [6.45, 7) is 6.36. The van der Waals surface area contributed by atoms with Gasteiger partial charge in [-0.15, -0.1) is 0 Å². The smallest absolute Gasteiger partial charge is 0.168 e. The van der Waals surface area contributed by atoms with Crippen LogP contribution in [0.25, 0.3) is 0 Å². The lowest BCUT2D eigenvalue weighted by molar-refractivity contribution is -0.180. The second kappa shape index (κ2) is 31.4. The summed E-state index contributed by atoms with van der Waals surface area (Å²) in [5, 5.41) is 0. The van der Waals surface area contributed by atoms with Crippen molar-refractivity contribution in [2.75, 3.05) is 27.2 Å². The van der Waals surface area contributed by atoms with Gasteiger partial charge in [0.05, 0.1) is 12.7 Å². The minimum atomic E-state index is -0.335. The fraction of sp³-hybridized carbons (Fsp3) is 0.810. The van der Waals surface area contributed by atoms with Gasteiger partial charge in [-0.05, 0) is 130 Å². The predicted molar refractivity (Wildman–Crippen MR) is 200 cm³/mol. The molecule has 45 heavy (non-hydrogen) atoms. The molecule has 1 heterocycles. The molecule has 1 aliphatic rings. The molecule has 0 spiro atoms. The van der Waals surface area contributed by atoms with Gasteiger partial charge in [-0.3, -0.25) is 0 Å². The molecule has 1 rings (SSSR count). The van der Waals surface area contributed by atoms with Crippen molar-refractivity contribution < 1.29 is 9.47 Å². The molecule has 1 aliphatic heterocycles. The summed E-state index contributed by atoms with van der Waals surface area (Å²) < 4.78 is 13.1. The van der Waals surface area contributed by atoms with Crippen LogP contribution in [0.1, 0.15) is 181 Å². The van der Waals surface area contributed by atoms with Gasteiger partial charge in [0, 0.05) is 19.4 Å². The zero-order chi connectivity index (χ0) is 32.5. The molecule has 0 N–H and O–H groups in total. The highest BCUT2D eigenvalue weighted by Gasteiger charge is 2.40. The molecular weight excluding hydrogens is 550 g/mol. The minimum Gasteiger partial charge on any atom is -0.347 e. The first-order valence-electron chi connectivity index (χ1n) is 19.7. The Hall–Kier alpha value is -1.16. The van der Waals surface area contributed by atoms with Gasteiger partial charge in [0.25, 0.3) is 0 Å². The summed E-state index contributed by atoms with van der Waals surface area (Å²) in [6.07, 6.45) is 51.9. The van der Waals surface area contributed by atoms with E-state index in [0.29, 0.717) is 0 Å². The summed E-state index contributed by atoms with van der Waals surface area (Å²) in [5.74, 6) is -0.335. The highest BCUT2D eigenvalue weighted by Crippen LogP contribution is 2.35. The van der Waals surface area contributed by atoms with Gasteiger partial charge in [-0.2, -0.15) is 0 Å². The van der Waals surface area contributed by atoms with E-state index in [2.05, 4.69) is 81.5 Å². The SMILES string of the molecule is CCCC/C=C\CCCC/C=C\CCCCCC1(CCCCC/C=C\CCCC/C=C\CCCCC)OC[C@H](CCN(C)C)O1. The zero-order valence-electron chi connectivity index (χ0n) is 30.8. The van der Waals surface area contributed by atoms with Crippen molar-refractivity contribution in [1.29, 1.82) is 0 Å². The summed E-state index contributed by atoms with van der Waals surface area (Å²) in [7, 11) is 4.29. The van der Waals surface area contributed by atoms with Gasteiger partial charge in [0.1, 0.15) is 0 Å². The molecule has 0 radical (unpaired) electrons. The number of hydrogen-bond donors (Lipinski definition) is 0. The van der Waals surface area contributed by atoms with Crippen LogP contribution in [0.15, 0.2) is 48.6 Å².